The summed E-state index contributed by atoms with van der Waals surface area (Å²) < 4.78 is 5.20. The van der Waals surface area contributed by atoms with Crippen molar-refractivity contribution in [1.29, 1.82) is 0 Å². The van der Waals surface area contributed by atoms with Crippen molar-refractivity contribution in [3.63, 3.8) is 0 Å². The summed E-state index contributed by atoms with van der Waals surface area (Å²) in [5, 5.41) is 3.30. The van der Waals surface area contributed by atoms with Gasteiger partial charge in [-0.25, -0.2) is 0 Å². The van der Waals surface area contributed by atoms with E-state index in [9.17, 15) is 0 Å². The molecule has 0 aliphatic carbocycles. The van der Waals surface area contributed by atoms with Gasteiger partial charge in [0.2, 0.25) is 0 Å². The first-order valence-corrected chi connectivity index (χ1v) is 6.51. The zero-order valence-electron chi connectivity index (χ0n) is 11.5. The van der Waals surface area contributed by atoms with Crippen molar-refractivity contribution in [2.75, 3.05) is 20.7 Å². The van der Waals surface area contributed by atoms with Crippen LogP contribution in [-0.4, -0.2) is 20.7 Å². The van der Waals surface area contributed by atoms with Gasteiger partial charge in [-0.3, -0.25) is 0 Å². The normalized spacial score (nSPS) is 14.4. The van der Waals surface area contributed by atoms with Crippen LogP contribution in [-0.2, 0) is 0 Å². The van der Waals surface area contributed by atoms with Gasteiger partial charge in [-0.2, -0.15) is 0 Å². The molecule has 0 aromatic heterocycles. The van der Waals surface area contributed by atoms with E-state index in [1.54, 1.807) is 7.11 Å². The molecule has 0 aliphatic rings. The van der Waals surface area contributed by atoms with Gasteiger partial charge in [0.25, 0.3) is 0 Å². The predicted molar refractivity (Wildman–Crippen MR) is 73.7 cm³/mol. The first-order chi connectivity index (χ1) is 8.22. The third kappa shape index (κ3) is 4.04. The van der Waals surface area contributed by atoms with E-state index in [1.807, 2.05) is 7.05 Å². The summed E-state index contributed by atoms with van der Waals surface area (Å²) in [5.74, 6) is 2.23. The minimum Gasteiger partial charge on any atom is -0.497 e. The molecular weight excluding hydrogens is 210 g/mol. The first kappa shape index (κ1) is 14.0. The number of hydrogen-bond acceptors (Lipinski definition) is 2. The van der Waals surface area contributed by atoms with Crippen molar-refractivity contribution in [2.45, 2.75) is 32.6 Å². The van der Waals surface area contributed by atoms with E-state index in [4.69, 9.17) is 4.74 Å². The fourth-order valence-electron chi connectivity index (χ4n) is 2.38. The fraction of sp³-hybridized carbons (Fsp3) is 0.600. The Labute approximate surface area is 105 Å². The van der Waals surface area contributed by atoms with Gasteiger partial charge in [-0.05, 0) is 36.6 Å². The third-order valence-corrected chi connectivity index (χ3v) is 3.40. The van der Waals surface area contributed by atoms with Gasteiger partial charge >= 0.3 is 0 Å². The second kappa shape index (κ2) is 7.33. The maximum absolute atomic E-state index is 5.20. The Balaban J connectivity index is 2.80. The highest BCUT2D eigenvalue weighted by atomic mass is 16.5. The largest absolute Gasteiger partial charge is 0.497 e. The Morgan fingerprint density at radius 3 is 2.35 bits per heavy atom. The second-order valence-electron chi connectivity index (χ2n) is 4.70. The minimum atomic E-state index is 0.589. The lowest BCUT2D eigenvalue weighted by molar-refractivity contribution is 0.406. The van der Waals surface area contributed by atoms with Gasteiger partial charge in [-0.15, -0.1) is 0 Å². The van der Waals surface area contributed by atoms with E-state index >= 15 is 0 Å². The third-order valence-electron chi connectivity index (χ3n) is 3.40. The molecule has 0 fully saturated rings. The molecule has 0 radical (unpaired) electrons. The molecule has 2 atom stereocenters. The second-order valence-corrected chi connectivity index (χ2v) is 4.70. The summed E-state index contributed by atoms with van der Waals surface area (Å²) in [7, 11) is 3.73. The van der Waals surface area contributed by atoms with E-state index in [2.05, 4.69) is 43.4 Å². The SMILES string of the molecule is CCCC(C)C(CNC)c1ccc(OC)cc1. The van der Waals surface area contributed by atoms with E-state index < -0.39 is 0 Å². The lowest BCUT2D eigenvalue weighted by atomic mass is 9.84. The maximum atomic E-state index is 5.20. The van der Waals surface area contributed by atoms with Crippen LogP contribution in [0.5, 0.6) is 5.75 Å². The highest BCUT2D eigenvalue weighted by molar-refractivity contribution is 5.30. The summed E-state index contributed by atoms with van der Waals surface area (Å²) in [4.78, 5) is 0. The summed E-state index contributed by atoms with van der Waals surface area (Å²) in [6, 6.07) is 8.48. The van der Waals surface area contributed by atoms with Crippen molar-refractivity contribution < 1.29 is 4.74 Å². The Morgan fingerprint density at radius 1 is 1.24 bits per heavy atom. The lowest BCUT2D eigenvalue weighted by Crippen LogP contribution is -2.22. The van der Waals surface area contributed by atoms with Gasteiger partial charge < -0.3 is 10.1 Å². The lowest BCUT2D eigenvalue weighted by Gasteiger charge is -2.24. The van der Waals surface area contributed by atoms with Crippen molar-refractivity contribution in [2.24, 2.45) is 5.92 Å². The molecule has 1 aromatic carbocycles. The topological polar surface area (TPSA) is 21.3 Å². The number of hydrogen-bond donors (Lipinski definition) is 1. The average molecular weight is 235 g/mol. The van der Waals surface area contributed by atoms with Crippen molar-refractivity contribution in [3.8, 4) is 5.75 Å². The molecule has 17 heavy (non-hydrogen) atoms. The van der Waals surface area contributed by atoms with Crippen LogP contribution in [0.25, 0.3) is 0 Å². The molecule has 96 valence electrons. The number of likely N-dealkylation sites (N-methyl/N-ethyl adjacent to an activating group) is 1. The Bertz CT molecular complexity index is 307. The molecule has 0 saturated carbocycles. The van der Waals surface area contributed by atoms with Crippen LogP contribution in [0, 0.1) is 5.92 Å². The fourth-order valence-corrected chi connectivity index (χ4v) is 2.38. The molecule has 2 heteroatoms. The van der Waals surface area contributed by atoms with Gasteiger partial charge in [0.05, 0.1) is 7.11 Å². The van der Waals surface area contributed by atoms with Crippen LogP contribution in [0.2, 0.25) is 0 Å². The zero-order chi connectivity index (χ0) is 12.7. The van der Waals surface area contributed by atoms with Crippen molar-refractivity contribution >= 4 is 0 Å². The minimum absolute atomic E-state index is 0.589. The number of ether oxygens (including phenoxy) is 1. The van der Waals surface area contributed by atoms with Gasteiger partial charge in [0, 0.05) is 6.54 Å². The molecule has 1 N–H and O–H groups in total. The molecule has 0 spiro atoms. The van der Waals surface area contributed by atoms with E-state index in [-0.39, 0.29) is 0 Å². The average Bonchev–Trinajstić information content (AvgIpc) is 2.36. The van der Waals surface area contributed by atoms with Crippen LogP contribution >= 0.6 is 0 Å². The van der Waals surface area contributed by atoms with E-state index in [0.717, 1.165) is 12.3 Å². The van der Waals surface area contributed by atoms with Crippen molar-refractivity contribution in [1.82, 2.24) is 5.32 Å². The smallest absolute Gasteiger partial charge is 0.118 e. The first-order valence-electron chi connectivity index (χ1n) is 6.51. The van der Waals surface area contributed by atoms with Crippen LogP contribution in [0.3, 0.4) is 0 Å². The van der Waals surface area contributed by atoms with E-state index in [0.29, 0.717) is 11.8 Å². The van der Waals surface area contributed by atoms with Crippen LogP contribution in [0.4, 0.5) is 0 Å². The number of nitrogens with one attached hydrogen (secondary N) is 1. The van der Waals surface area contributed by atoms with Crippen LogP contribution < -0.4 is 10.1 Å². The summed E-state index contributed by atoms with van der Waals surface area (Å²) in [6.45, 7) is 5.63. The maximum Gasteiger partial charge on any atom is 0.118 e. The zero-order valence-corrected chi connectivity index (χ0v) is 11.5. The Hall–Kier alpha value is -1.02. The highest BCUT2D eigenvalue weighted by Crippen LogP contribution is 2.28. The highest BCUT2D eigenvalue weighted by Gasteiger charge is 2.17. The van der Waals surface area contributed by atoms with E-state index in [1.165, 1.54) is 18.4 Å². The molecular formula is C15H25NO. The summed E-state index contributed by atoms with van der Waals surface area (Å²) >= 11 is 0. The van der Waals surface area contributed by atoms with Crippen LogP contribution in [0.1, 0.15) is 38.2 Å². The standard InChI is InChI=1S/C15H25NO/c1-5-6-12(2)15(11-16-3)13-7-9-14(17-4)10-8-13/h7-10,12,15-16H,5-6,11H2,1-4H3. The monoisotopic (exact) mass is 235 g/mol. The molecule has 2 unspecified atom stereocenters. The predicted octanol–water partition coefficient (Wildman–Crippen LogP) is 3.43. The Kier molecular flexibility index (Phi) is 6.06. The quantitative estimate of drug-likeness (QED) is 0.781. The molecule has 0 bridgehead atoms. The molecule has 2 nitrogen and oxygen atoms in total. The number of benzene rings is 1. The molecule has 1 rings (SSSR count). The molecule has 0 aliphatic heterocycles. The number of rotatable bonds is 7. The number of methoxy groups -OCH3 is 1. The van der Waals surface area contributed by atoms with Crippen molar-refractivity contribution in [3.05, 3.63) is 29.8 Å². The van der Waals surface area contributed by atoms with Gasteiger partial charge in [-0.1, -0.05) is 38.8 Å². The molecule has 0 amide bonds. The van der Waals surface area contributed by atoms with Gasteiger partial charge in [0.1, 0.15) is 5.75 Å². The summed E-state index contributed by atoms with van der Waals surface area (Å²) in [6.07, 6.45) is 2.52. The Morgan fingerprint density at radius 2 is 1.88 bits per heavy atom. The summed E-state index contributed by atoms with van der Waals surface area (Å²) in [5.41, 5.74) is 1.40. The molecule has 0 saturated heterocycles. The molecule has 0 heterocycles. The molecule has 1 aromatic rings. The van der Waals surface area contributed by atoms with Crippen LogP contribution in [0.15, 0.2) is 24.3 Å². The van der Waals surface area contributed by atoms with Gasteiger partial charge in [0.15, 0.2) is 0 Å².